The van der Waals surface area contributed by atoms with Crippen LogP contribution in [0.3, 0.4) is 0 Å². The van der Waals surface area contributed by atoms with E-state index in [1.165, 1.54) is 7.11 Å². The zero-order chi connectivity index (χ0) is 9.19. The molecule has 0 aliphatic carbocycles. The number of hydrogen-bond acceptors (Lipinski definition) is 5. The van der Waals surface area contributed by atoms with Crippen LogP contribution in [0.4, 0.5) is 0 Å². The molecule has 0 bridgehead atoms. The summed E-state index contributed by atoms with van der Waals surface area (Å²) in [6.07, 6.45) is 0.217. The molecule has 1 aliphatic rings. The van der Waals surface area contributed by atoms with Crippen molar-refractivity contribution in [1.29, 1.82) is 0 Å². The second kappa shape index (κ2) is 3.12. The van der Waals surface area contributed by atoms with E-state index < -0.39 is 11.6 Å². The summed E-state index contributed by atoms with van der Waals surface area (Å²) >= 11 is 0. The molecular weight excluding hydrogens is 164 g/mol. The lowest BCUT2D eigenvalue weighted by Crippen LogP contribution is -2.40. The molecule has 0 aromatic carbocycles. The third-order valence-electron chi connectivity index (χ3n) is 1.85. The van der Waals surface area contributed by atoms with Crippen molar-refractivity contribution >= 4 is 5.97 Å². The molecule has 0 spiro atoms. The Kier molecular flexibility index (Phi) is 2.35. The Morgan fingerprint density at radius 3 is 2.83 bits per heavy atom. The van der Waals surface area contributed by atoms with Gasteiger partial charge >= 0.3 is 5.97 Å². The van der Waals surface area contributed by atoms with E-state index in [0.717, 1.165) is 0 Å². The Morgan fingerprint density at radius 2 is 2.50 bits per heavy atom. The van der Waals surface area contributed by atoms with Crippen LogP contribution in [0, 0.1) is 0 Å². The van der Waals surface area contributed by atoms with E-state index in [1.807, 2.05) is 0 Å². The highest BCUT2D eigenvalue weighted by Crippen LogP contribution is 2.32. The van der Waals surface area contributed by atoms with E-state index in [9.17, 15) is 4.79 Å². The number of carbonyl (C=O) groups is 1. The van der Waals surface area contributed by atoms with Crippen molar-refractivity contribution in [1.82, 2.24) is 0 Å². The average molecular weight is 174 g/mol. The molecule has 12 heavy (non-hydrogen) atoms. The van der Waals surface area contributed by atoms with Gasteiger partial charge in [0, 0.05) is 6.42 Å². The molecule has 5 nitrogen and oxygen atoms in total. The predicted molar refractivity (Wildman–Crippen MR) is 38.2 cm³/mol. The number of ether oxygens (including phenoxy) is 2. The van der Waals surface area contributed by atoms with Crippen molar-refractivity contribution in [3.8, 4) is 0 Å². The molecule has 1 aliphatic heterocycles. The highest BCUT2D eigenvalue weighted by atomic mass is 17.1. The molecule has 0 aromatic heterocycles. The zero-order valence-electron chi connectivity index (χ0n) is 6.70. The van der Waals surface area contributed by atoms with Gasteiger partial charge in [-0.05, 0) is 0 Å². The maximum Gasteiger partial charge on any atom is 0.349 e. The van der Waals surface area contributed by atoms with Gasteiger partial charge in [0.25, 0.3) is 5.60 Å². The van der Waals surface area contributed by atoms with Crippen LogP contribution in [-0.2, 0) is 19.2 Å². The van der Waals surface area contributed by atoms with E-state index >= 15 is 0 Å². The Bertz CT molecular complexity index is 212. The summed E-state index contributed by atoms with van der Waals surface area (Å²) < 4.78 is 9.34. The number of esters is 1. The molecule has 1 saturated heterocycles. The first-order valence-electron chi connectivity index (χ1n) is 3.40. The first-order chi connectivity index (χ1) is 5.67. The third-order valence-corrected chi connectivity index (χ3v) is 1.85. The number of methoxy groups -OCH3 is 1. The zero-order valence-corrected chi connectivity index (χ0v) is 6.70. The maximum atomic E-state index is 11.1. The van der Waals surface area contributed by atoms with Gasteiger partial charge in [-0.1, -0.05) is 6.58 Å². The fraction of sp³-hybridized carbons (Fsp3) is 0.571. The lowest BCUT2D eigenvalue weighted by Gasteiger charge is -2.20. The van der Waals surface area contributed by atoms with E-state index in [1.54, 1.807) is 0 Å². The van der Waals surface area contributed by atoms with E-state index in [-0.39, 0.29) is 18.8 Å². The molecule has 1 fully saturated rings. The minimum atomic E-state index is -1.52. The summed E-state index contributed by atoms with van der Waals surface area (Å²) in [4.78, 5) is 15.2. The first-order valence-corrected chi connectivity index (χ1v) is 3.40. The maximum absolute atomic E-state index is 11.1. The summed E-state index contributed by atoms with van der Waals surface area (Å²) in [6, 6.07) is 0. The van der Waals surface area contributed by atoms with Gasteiger partial charge in [-0.2, -0.15) is 0 Å². The summed E-state index contributed by atoms with van der Waals surface area (Å²) in [5.74, 6) is -0.621. The molecule has 68 valence electrons. The average Bonchev–Trinajstić information content (AvgIpc) is 2.46. The molecule has 0 amide bonds. The van der Waals surface area contributed by atoms with Crippen molar-refractivity contribution in [2.75, 3.05) is 13.7 Å². The van der Waals surface area contributed by atoms with Crippen molar-refractivity contribution in [2.45, 2.75) is 12.0 Å². The molecule has 1 heterocycles. The molecule has 0 radical (unpaired) electrons. The normalized spacial score (nSPS) is 28.3. The molecule has 0 saturated carbocycles. The molecule has 1 atom stereocenters. The smallest absolute Gasteiger partial charge is 0.349 e. The lowest BCUT2D eigenvalue weighted by atomic mass is 10.0. The monoisotopic (exact) mass is 174 g/mol. The van der Waals surface area contributed by atoms with Gasteiger partial charge in [-0.25, -0.2) is 9.68 Å². The van der Waals surface area contributed by atoms with Gasteiger partial charge in [-0.15, -0.1) is 0 Å². The quantitative estimate of drug-likeness (QED) is 0.371. The van der Waals surface area contributed by atoms with Crippen LogP contribution >= 0.6 is 0 Å². The molecule has 1 unspecified atom stereocenters. The van der Waals surface area contributed by atoms with Crippen LogP contribution in [0.15, 0.2) is 12.3 Å². The second-order valence-electron chi connectivity index (χ2n) is 2.43. The Hall–Kier alpha value is -1.07. The van der Waals surface area contributed by atoms with Gasteiger partial charge in [-0.3, -0.25) is 5.26 Å². The van der Waals surface area contributed by atoms with Crippen LogP contribution < -0.4 is 0 Å². The number of carbonyl (C=O) groups excluding carboxylic acids is 1. The van der Waals surface area contributed by atoms with Gasteiger partial charge < -0.3 is 9.47 Å². The third kappa shape index (κ3) is 1.07. The molecular formula is C7H10O5. The van der Waals surface area contributed by atoms with E-state index in [2.05, 4.69) is 16.2 Å². The van der Waals surface area contributed by atoms with Crippen molar-refractivity contribution in [3.05, 3.63) is 12.3 Å². The van der Waals surface area contributed by atoms with Crippen LogP contribution in [-0.4, -0.2) is 30.5 Å². The Labute approximate surface area is 69.5 Å². The van der Waals surface area contributed by atoms with Gasteiger partial charge in [0.2, 0.25) is 0 Å². The summed E-state index contributed by atoms with van der Waals surface area (Å²) in [5.41, 5.74) is -1.52. The molecule has 5 heteroatoms. The van der Waals surface area contributed by atoms with Crippen LogP contribution in [0.1, 0.15) is 6.42 Å². The molecule has 1 rings (SSSR count). The molecule has 1 N–H and O–H groups in total. The minimum Gasteiger partial charge on any atom is -0.495 e. The standard InChI is InChI=1S/C7H10O5/c1-5-7(12-9,3-4-11-5)6(8)10-2/h9H,1,3-4H2,2H3. The van der Waals surface area contributed by atoms with Crippen LogP contribution in [0.25, 0.3) is 0 Å². The fourth-order valence-electron chi connectivity index (χ4n) is 1.09. The largest absolute Gasteiger partial charge is 0.495 e. The molecule has 0 aromatic rings. The van der Waals surface area contributed by atoms with E-state index in [0.29, 0.717) is 0 Å². The van der Waals surface area contributed by atoms with Crippen molar-refractivity contribution in [3.63, 3.8) is 0 Å². The fourth-order valence-corrected chi connectivity index (χ4v) is 1.09. The number of hydrogen-bond donors (Lipinski definition) is 1. The van der Waals surface area contributed by atoms with Gasteiger partial charge in [0.1, 0.15) is 5.76 Å². The highest BCUT2D eigenvalue weighted by Gasteiger charge is 2.50. The summed E-state index contributed by atoms with van der Waals surface area (Å²) in [7, 11) is 1.20. The van der Waals surface area contributed by atoms with Crippen LogP contribution in [0.5, 0.6) is 0 Å². The van der Waals surface area contributed by atoms with Crippen molar-refractivity contribution in [2.24, 2.45) is 0 Å². The topological polar surface area (TPSA) is 65.0 Å². The Morgan fingerprint density at radius 1 is 1.83 bits per heavy atom. The minimum absolute atomic E-state index is 0.0804. The summed E-state index contributed by atoms with van der Waals surface area (Å²) in [5, 5.41) is 8.55. The second-order valence-corrected chi connectivity index (χ2v) is 2.43. The van der Waals surface area contributed by atoms with Crippen LogP contribution in [0.2, 0.25) is 0 Å². The van der Waals surface area contributed by atoms with Crippen molar-refractivity contribution < 1.29 is 24.4 Å². The Balaban J connectivity index is 2.88. The summed E-state index contributed by atoms with van der Waals surface area (Å²) in [6.45, 7) is 3.73. The van der Waals surface area contributed by atoms with E-state index in [4.69, 9.17) is 9.99 Å². The lowest BCUT2D eigenvalue weighted by molar-refractivity contribution is -0.306. The number of rotatable bonds is 2. The highest BCUT2D eigenvalue weighted by molar-refractivity contribution is 5.83. The van der Waals surface area contributed by atoms with Gasteiger partial charge in [0.15, 0.2) is 0 Å². The SMILES string of the molecule is C=C1OCCC1(OO)C(=O)OC. The first kappa shape index (κ1) is 9.02. The predicted octanol–water partition coefficient (Wildman–Crippen LogP) is 0.322. The van der Waals surface area contributed by atoms with Gasteiger partial charge in [0.05, 0.1) is 13.7 Å².